The molecule has 1 aromatic rings. The normalized spacial score (nSPS) is 16.2. The van der Waals surface area contributed by atoms with Crippen molar-refractivity contribution in [1.82, 2.24) is 5.06 Å². The molecule has 0 aliphatic carbocycles. The first-order valence-corrected chi connectivity index (χ1v) is 5.74. The molecule has 0 N–H and O–H groups in total. The second kappa shape index (κ2) is 5.12. The van der Waals surface area contributed by atoms with Gasteiger partial charge in [0.25, 0.3) is 5.91 Å². The molecule has 0 atom stereocenters. The average molecular weight is 219 g/mol. The number of aryl methyl sites for hydroxylation is 1. The van der Waals surface area contributed by atoms with E-state index in [2.05, 4.69) is 0 Å². The summed E-state index contributed by atoms with van der Waals surface area (Å²) in [7, 11) is 0. The van der Waals surface area contributed by atoms with Crippen LogP contribution in [0.15, 0.2) is 24.3 Å². The van der Waals surface area contributed by atoms with Gasteiger partial charge in [-0.05, 0) is 25.3 Å². The highest BCUT2D eigenvalue weighted by Gasteiger charge is 2.17. The molecule has 0 saturated carbocycles. The fourth-order valence-electron chi connectivity index (χ4n) is 1.76. The van der Waals surface area contributed by atoms with E-state index in [-0.39, 0.29) is 5.91 Å². The van der Waals surface area contributed by atoms with Gasteiger partial charge in [0, 0.05) is 6.54 Å². The quantitative estimate of drug-likeness (QED) is 0.762. The van der Waals surface area contributed by atoms with E-state index in [4.69, 9.17) is 4.84 Å². The van der Waals surface area contributed by atoms with E-state index in [1.165, 1.54) is 10.6 Å². The average Bonchev–Trinajstić information content (AvgIpc) is 2.33. The molecule has 1 heterocycles. The molecule has 1 saturated heterocycles. The van der Waals surface area contributed by atoms with Crippen LogP contribution in [-0.4, -0.2) is 24.1 Å². The fraction of sp³-hybridized carbons (Fsp3) is 0.462. The molecular formula is C13H17NO2. The second-order valence-electron chi connectivity index (χ2n) is 4.20. The van der Waals surface area contributed by atoms with Crippen LogP contribution in [0.4, 0.5) is 0 Å². The van der Waals surface area contributed by atoms with Gasteiger partial charge in [0.15, 0.2) is 0 Å². The van der Waals surface area contributed by atoms with Crippen molar-refractivity contribution in [3.8, 4) is 0 Å². The lowest BCUT2D eigenvalue weighted by Crippen LogP contribution is -2.36. The molecule has 1 aliphatic rings. The molecule has 86 valence electrons. The number of carbonyl (C=O) groups excluding carboxylic acids is 1. The lowest BCUT2D eigenvalue weighted by Gasteiger charge is -2.25. The molecule has 1 aliphatic heterocycles. The van der Waals surface area contributed by atoms with Gasteiger partial charge in [-0.1, -0.05) is 29.8 Å². The van der Waals surface area contributed by atoms with Crippen molar-refractivity contribution >= 4 is 5.91 Å². The lowest BCUT2D eigenvalue weighted by molar-refractivity contribution is -0.196. The molecule has 0 unspecified atom stereocenters. The van der Waals surface area contributed by atoms with Crippen LogP contribution in [0.25, 0.3) is 0 Å². The van der Waals surface area contributed by atoms with Gasteiger partial charge in [-0.25, -0.2) is 5.06 Å². The lowest BCUT2D eigenvalue weighted by atomic mass is 10.1. The number of rotatable bonds is 2. The summed E-state index contributed by atoms with van der Waals surface area (Å²) in [6.07, 6.45) is 2.52. The minimum absolute atomic E-state index is 0.0588. The molecule has 0 radical (unpaired) electrons. The molecule has 0 aromatic heterocycles. The maximum absolute atomic E-state index is 11.9. The molecule has 0 bridgehead atoms. The van der Waals surface area contributed by atoms with Crippen molar-refractivity contribution in [3.05, 3.63) is 35.4 Å². The zero-order valence-electron chi connectivity index (χ0n) is 9.61. The Kier molecular flexibility index (Phi) is 3.57. The smallest absolute Gasteiger partial charge is 0.250 e. The highest BCUT2D eigenvalue weighted by atomic mass is 16.7. The fourth-order valence-corrected chi connectivity index (χ4v) is 1.76. The Balaban J connectivity index is 1.93. The minimum Gasteiger partial charge on any atom is -0.272 e. The largest absolute Gasteiger partial charge is 0.272 e. The number of hydrogen-bond acceptors (Lipinski definition) is 2. The standard InChI is InChI=1S/C13H17NO2/c1-11-4-6-12(7-5-11)10-13(15)14-8-2-3-9-16-14/h4-7H,2-3,8-10H2,1H3. The Morgan fingerprint density at radius 3 is 2.69 bits per heavy atom. The summed E-state index contributed by atoms with van der Waals surface area (Å²) in [5, 5.41) is 1.50. The number of hydroxylamine groups is 2. The third-order valence-electron chi connectivity index (χ3n) is 2.76. The summed E-state index contributed by atoms with van der Waals surface area (Å²) in [4.78, 5) is 17.2. The van der Waals surface area contributed by atoms with Crippen molar-refractivity contribution < 1.29 is 9.63 Å². The van der Waals surface area contributed by atoms with Gasteiger partial charge in [-0.3, -0.25) is 9.63 Å². The summed E-state index contributed by atoms with van der Waals surface area (Å²) in [6, 6.07) is 8.05. The Labute approximate surface area is 96.0 Å². The van der Waals surface area contributed by atoms with Gasteiger partial charge >= 0.3 is 0 Å². The highest BCUT2D eigenvalue weighted by molar-refractivity contribution is 5.77. The van der Waals surface area contributed by atoms with Gasteiger partial charge < -0.3 is 0 Å². The first-order valence-electron chi connectivity index (χ1n) is 5.74. The Morgan fingerprint density at radius 2 is 2.06 bits per heavy atom. The summed E-state index contributed by atoms with van der Waals surface area (Å²) in [5.41, 5.74) is 2.26. The molecule has 16 heavy (non-hydrogen) atoms. The van der Waals surface area contributed by atoms with Gasteiger partial charge in [0.1, 0.15) is 0 Å². The Hall–Kier alpha value is -1.35. The number of nitrogens with zero attached hydrogens (tertiary/aromatic N) is 1. The van der Waals surface area contributed by atoms with Crippen LogP contribution in [-0.2, 0) is 16.1 Å². The molecule has 3 heteroatoms. The van der Waals surface area contributed by atoms with Gasteiger partial charge in [-0.2, -0.15) is 0 Å². The molecule has 1 aromatic carbocycles. The van der Waals surface area contributed by atoms with Crippen LogP contribution >= 0.6 is 0 Å². The molecule has 0 spiro atoms. The second-order valence-corrected chi connectivity index (χ2v) is 4.20. The van der Waals surface area contributed by atoms with Crippen LogP contribution in [0.2, 0.25) is 0 Å². The topological polar surface area (TPSA) is 29.5 Å². The van der Waals surface area contributed by atoms with Crippen LogP contribution < -0.4 is 0 Å². The van der Waals surface area contributed by atoms with E-state index in [1.54, 1.807) is 0 Å². The Morgan fingerprint density at radius 1 is 1.31 bits per heavy atom. The van der Waals surface area contributed by atoms with Crippen molar-refractivity contribution in [3.63, 3.8) is 0 Å². The van der Waals surface area contributed by atoms with E-state index in [9.17, 15) is 4.79 Å². The SMILES string of the molecule is Cc1ccc(CC(=O)N2CCCCO2)cc1. The first-order chi connectivity index (χ1) is 7.75. The molecule has 2 rings (SSSR count). The summed E-state index contributed by atoms with van der Waals surface area (Å²) in [6.45, 7) is 3.43. The maximum atomic E-state index is 11.9. The highest BCUT2D eigenvalue weighted by Crippen LogP contribution is 2.10. The molecule has 3 nitrogen and oxygen atoms in total. The van der Waals surface area contributed by atoms with Gasteiger partial charge in [0.2, 0.25) is 0 Å². The van der Waals surface area contributed by atoms with E-state index in [0.717, 1.165) is 24.9 Å². The van der Waals surface area contributed by atoms with Crippen molar-refractivity contribution in [2.45, 2.75) is 26.2 Å². The predicted octanol–water partition coefficient (Wildman–Crippen LogP) is 2.09. The molecule has 1 fully saturated rings. The number of carbonyl (C=O) groups is 1. The minimum atomic E-state index is 0.0588. The van der Waals surface area contributed by atoms with E-state index < -0.39 is 0 Å². The van der Waals surface area contributed by atoms with E-state index >= 15 is 0 Å². The van der Waals surface area contributed by atoms with Crippen LogP contribution in [0.5, 0.6) is 0 Å². The summed E-state index contributed by atoms with van der Waals surface area (Å²) in [5.74, 6) is 0.0588. The van der Waals surface area contributed by atoms with Crippen LogP contribution in [0, 0.1) is 6.92 Å². The number of amides is 1. The first kappa shape index (κ1) is 11.1. The number of hydrogen-bond donors (Lipinski definition) is 0. The van der Waals surface area contributed by atoms with E-state index in [1.807, 2.05) is 31.2 Å². The van der Waals surface area contributed by atoms with Gasteiger partial charge in [-0.15, -0.1) is 0 Å². The van der Waals surface area contributed by atoms with Crippen molar-refractivity contribution in [2.24, 2.45) is 0 Å². The predicted molar refractivity (Wildman–Crippen MR) is 61.8 cm³/mol. The molecular weight excluding hydrogens is 202 g/mol. The van der Waals surface area contributed by atoms with E-state index in [0.29, 0.717) is 13.0 Å². The maximum Gasteiger partial charge on any atom is 0.250 e. The van der Waals surface area contributed by atoms with Crippen LogP contribution in [0.3, 0.4) is 0 Å². The summed E-state index contributed by atoms with van der Waals surface area (Å²) < 4.78 is 0. The van der Waals surface area contributed by atoms with Crippen molar-refractivity contribution in [2.75, 3.05) is 13.2 Å². The van der Waals surface area contributed by atoms with Gasteiger partial charge in [0.05, 0.1) is 13.0 Å². The van der Waals surface area contributed by atoms with Crippen LogP contribution in [0.1, 0.15) is 24.0 Å². The zero-order chi connectivity index (χ0) is 11.4. The Bertz CT molecular complexity index is 353. The molecule has 1 amide bonds. The number of benzene rings is 1. The monoisotopic (exact) mass is 219 g/mol. The summed E-state index contributed by atoms with van der Waals surface area (Å²) >= 11 is 0. The van der Waals surface area contributed by atoms with Crippen molar-refractivity contribution in [1.29, 1.82) is 0 Å². The third kappa shape index (κ3) is 2.83. The zero-order valence-corrected chi connectivity index (χ0v) is 9.61. The third-order valence-corrected chi connectivity index (χ3v) is 2.76.